The largest absolute Gasteiger partial charge is 0.494 e. The van der Waals surface area contributed by atoms with Gasteiger partial charge in [0.05, 0.1) is 12.7 Å². The van der Waals surface area contributed by atoms with Gasteiger partial charge in [-0.15, -0.1) is 0 Å². The number of rotatable bonds is 7. The number of likely N-dealkylation sites (tertiary alicyclic amines) is 1. The third-order valence-electron chi connectivity index (χ3n) is 3.57. The number of thiocarbonyl (C=S) groups is 1. The molecule has 2 N–H and O–H groups in total. The zero-order chi connectivity index (χ0) is 14.4. The average molecular weight is 294 g/mol. The van der Waals surface area contributed by atoms with Crippen molar-refractivity contribution in [2.24, 2.45) is 5.73 Å². The van der Waals surface area contributed by atoms with E-state index in [4.69, 9.17) is 27.4 Å². The van der Waals surface area contributed by atoms with Crippen molar-refractivity contribution >= 4 is 17.2 Å². The molecule has 1 fully saturated rings. The Morgan fingerprint density at radius 3 is 3.05 bits per heavy atom. The molecule has 0 radical (unpaired) electrons. The van der Waals surface area contributed by atoms with Gasteiger partial charge in [0.15, 0.2) is 0 Å². The summed E-state index contributed by atoms with van der Waals surface area (Å²) in [4.78, 5) is 2.82. The minimum atomic E-state index is 0.401. The van der Waals surface area contributed by atoms with E-state index >= 15 is 0 Å². The predicted molar refractivity (Wildman–Crippen MR) is 84.3 cm³/mol. The molecule has 1 aromatic rings. The minimum Gasteiger partial charge on any atom is -0.494 e. The fourth-order valence-corrected chi connectivity index (χ4v) is 2.54. The molecule has 1 saturated heterocycles. The van der Waals surface area contributed by atoms with E-state index in [1.165, 1.54) is 0 Å². The van der Waals surface area contributed by atoms with Crippen LogP contribution in [-0.4, -0.2) is 49.3 Å². The topological polar surface area (TPSA) is 47.7 Å². The van der Waals surface area contributed by atoms with Gasteiger partial charge in [0.25, 0.3) is 0 Å². The average Bonchev–Trinajstić information content (AvgIpc) is 2.92. The highest BCUT2D eigenvalue weighted by molar-refractivity contribution is 7.80. The Bertz CT molecular complexity index is 453. The van der Waals surface area contributed by atoms with Gasteiger partial charge in [-0.25, -0.2) is 0 Å². The maximum absolute atomic E-state index is 5.74. The van der Waals surface area contributed by atoms with Crippen LogP contribution in [0.2, 0.25) is 0 Å². The number of nitrogens with zero attached hydrogens (tertiary/aromatic N) is 1. The van der Waals surface area contributed by atoms with Crippen LogP contribution in [-0.2, 0) is 4.74 Å². The van der Waals surface area contributed by atoms with Gasteiger partial charge >= 0.3 is 0 Å². The first kappa shape index (κ1) is 15.2. The smallest absolute Gasteiger partial charge is 0.119 e. The summed E-state index contributed by atoms with van der Waals surface area (Å²) in [6.07, 6.45) is 2.54. The molecule has 110 valence electrons. The monoisotopic (exact) mass is 294 g/mol. The standard InChI is InChI=1S/C15H22N2O2S/c1-18-14-6-8-17(11-14)7-3-9-19-13-5-2-4-12(10-13)15(16)20/h2,4-5,10,14H,3,6-9,11H2,1H3,(H2,16,20). The molecule has 0 amide bonds. The van der Waals surface area contributed by atoms with Crippen molar-refractivity contribution in [1.29, 1.82) is 0 Å². The molecule has 5 heteroatoms. The third-order valence-corrected chi connectivity index (χ3v) is 3.80. The summed E-state index contributed by atoms with van der Waals surface area (Å²) in [5.41, 5.74) is 6.45. The van der Waals surface area contributed by atoms with Crippen molar-refractivity contribution in [1.82, 2.24) is 4.90 Å². The summed E-state index contributed by atoms with van der Waals surface area (Å²) >= 11 is 4.96. The Hall–Kier alpha value is -1.17. The highest BCUT2D eigenvalue weighted by atomic mass is 32.1. The molecule has 2 rings (SSSR count). The van der Waals surface area contributed by atoms with Crippen LogP contribution in [0.3, 0.4) is 0 Å². The third kappa shape index (κ3) is 4.44. The molecule has 0 aromatic heterocycles. The summed E-state index contributed by atoms with van der Waals surface area (Å²) in [5.74, 6) is 0.825. The Kier molecular flexibility index (Phi) is 5.76. The Morgan fingerprint density at radius 2 is 2.35 bits per heavy atom. The van der Waals surface area contributed by atoms with Gasteiger partial charge < -0.3 is 20.1 Å². The van der Waals surface area contributed by atoms with Crippen molar-refractivity contribution in [3.63, 3.8) is 0 Å². The van der Waals surface area contributed by atoms with Crippen LogP contribution in [0.15, 0.2) is 24.3 Å². The second-order valence-corrected chi connectivity index (χ2v) is 5.48. The second-order valence-electron chi connectivity index (χ2n) is 5.04. The first-order valence-corrected chi connectivity index (χ1v) is 7.37. The number of methoxy groups -OCH3 is 1. The van der Waals surface area contributed by atoms with Gasteiger partial charge in [0, 0.05) is 32.3 Å². The van der Waals surface area contributed by atoms with Gasteiger partial charge in [-0.3, -0.25) is 0 Å². The first-order chi connectivity index (χ1) is 9.69. The van der Waals surface area contributed by atoms with Gasteiger partial charge in [0.2, 0.25) is 0 Å². The van der Waals surface area contributed by atoms with Crippen molar-refractivity contribution in [2.45, 2.75) is 18.9 Å². The Balaban J connectivity index is 1.68. The molecule has 20 heavy (non-hydrogen) atoms. The van der Waals surface area contributed by atoms with Crippen LogP contribution < -0.4 is 10.5 Å². The fraction of sp³-hybridized carbons (Fsp3) is 0.533. The van der Waals surface area contributed by atoms with Crippen LogP contribution >= 0.6 is 12.2 Å². The number of hydrogen-bond acceptors (Lipinski definition) is 4. The van der Waals surface area contributed by atoms with E-state index in [9.17, 15) is 0 Å². The summed E-state index contributed by atoms with van der Waals surface area (Å²) in [5, 5.41) is 0. The summed E-state index contributed by atoms with van der Waals surface area (Å²) in [6, 6.07) is 7.62. The van der Waals surface area contributed by atoms with E-state index in [2.05, 4.69) is 4.90 Å². The normalized spacial score (nSPS) is 19.1. The van der Waals surface area contributed by atoms with Crippen molar-refractivity contribution in [2.75, 3.05) is 33.4 Å². The molecule has 1 unspecified atom stereocenters. The summed E-state index contributed by atoms with van der Waals surface area (Å²) < 4.78 is 11.1. The molecular formula is C15H22N2O2S. The predicted octanol–water partition coefficient (Wildman–Crippen LogP) is 1.81. The van der Waals surface area contributed by atoms with Gasteiger partial charge in [-0.1, -0.05) is 24.4 Å². The molecule has 1 aromatic carbocycles. The molecule has 1 atom stereocenters. The lowest BCUT2D eigenvalue weighted by molar-refractivity contribution is 0.107. The number of ether oxygens (including phenoxy) is 2. The molecular weight excluding hydrogens is 272 g/mol. The molecule has 0 bridgehead atoms. The van der Waals surface area contributed by atoms with Crippen molar-refractivity contribution < 1.29 is 9.47 Å². The lowest BCUT2D eigenvalue weighted by Gasteiger charge is -2.15. The maximum atomic E-state index is 5.74. The minimum absolute atomic E-state index is 0.401. The van der Waals surface area contributed by atoms with Gasteiger partial charge in [-0.2, -0.15) is 0 Å². The van der Waals surface area contributed by atoms with E-state index in [0.29, 0.717) is 17.7 Å². The zero-order valence-electron chi connectivity index (χ0n) is 11.9. The molecule has 4 nitrogen and oxygen atoms in total. The van der Waals surface area contributed by atoms with E-state index in [1.807, 2.05) is 24.3 Å². The SMILES string of the molecule is COC1CCN(CCCOc2cccc(C(N)=S)c2)C1. The summed E-state index contributed by atoms with van der Waals surface area (Å²) in [7, 11) is 1.78. The fourth-order valence-electron chi connectivity index (χ4n) is 2.41. The molecule has 1 aliphatic rings. The first-order valence-electron chi connectivity index (χ1n) is 6.97. The molecule has 1 heterocycles. The number of nitrogens with two attached hydrogens (primary N) is 1. The quantitative estimate of drug-likeness (QED) is 0.614. The maximum Gasteiger partial charge on any atom is 0.119 e. The van der Waals surface area contributed by atoms with Crippen LogP contribution in [0.5, 0.6) is 5.75 Å². The number of benzene rings is 1. The lowest BCUT2D eigenvalue weighted by atomic mass is 10.2. The highest BCUT2D eigenvalue weighted by Gasteiger charge is 2.21. The van der Waals surface area contributed by atoms with E-state index in [0.717, 1.165) is 43.8 Å². The van der Waals surface area contributed by atoms with Crippen molar-refractivity contribution in [3.05, 3.63) is 29.8 Å². The molecule has 0 aliphatic carbocycles. The summed E-state index contributed by atoms with van der Waals surface area (Å²) in [6.45, 7) is 3.91. The van der Waals surface area contributed by atoms with Crippen LogP contribution in [0.25, 0.3) is 0 Å². The second kappa shape index (κ2) is 7.57. The van der Waals surface area contributed by atoms with Gasteiger partial charge in [0.1, 0.15) is 10.7 Å². The molecule has 0 spiro atoms. The van der Waals surface area contributed by atoms with Crippen LogP contribution in [0.1, 0.15) is 18.4 Å². The van der Waals surface area contributed by atoms with Gasteiger partial charge in [-0.05, 0) is 25.0 Å². The Morgan fingerprint density at radius 1 is 1.50 bits per heavy atom. The van der Waals surface area contributed by atoms with Crippen molar-refractivity contribution in [3.8, 4) is 5.75 Å². The van der Waals surface area contributed by atoms with E-state index in [-0.39, 0.29) is 0 Å². The Labute approximate surface area is 125 Å². The number of hydrogen-bond donors (Lipinski definition) is 1. The molecule has 0 saturated carbocycles. The molecule has 1 aliphatic heterocycles. The van der Waals surface area contributed by atoms with E-state index < -0.39 is 0 Å². The highest BCUT2D eigenvalue weighted by Crippen LogP contribution is 2.15. The zero-order valence-corrected chi connectivity index (χ0v) is 12.7. The van der Waals surface area contributed by atoms with E-state index in [1.54, 1.807) is 7.11 Å². The van der Waals surface area contributed by atoms with Crippen LogP contribution in [0.4, 0.5) is 0 Å². The van der Waals surface area contributed by atoms with Crippen LogP contribution in [0, 0.1) is 0 Å². The lowest BCUT2D eigenvalue weighted by Crippen LogP contribution is -2.25.